The first-order chi connectivity index (χ1) is 8.25. The Labute approximate surface area is 111 Å². The van der Waals surface area contributed by atoms with Crippen molar-refractivity contribution in [1.82, 2.24) is 5.32 Å². The number of hydrogen-bond donors (Lipinski definition) is 1. The van der Waals surface area contributed by atoms with Gasteiger partial charge in [-0.05, 0) is 32.0 Å². The minimum absolute atomic E-state index is 0.132. The number of carbonyl (C=O) groups is 1. The average Bonchev–Trinajstić information content (AvgIpc) is 2.26. The van der Waals surface area contributed by atoms with Gasteiger partial charge in [-0.2, -0.15) is 0 Å². The van der Waals surface area contributed by atoms with Crippen LogP contribution in [0.2, 0.25) is 0 Å². The minimum atomic E-state index is -3.98. The Bertz CT molecular complexity index is 554. The highest BCUT2D eigenvalue weighted by molar-refractivity contribution is 8.13. The van der Waals surface area contributed by atoms with Gasteiger partial charge in [0.05, 0.1) is 6.10 Å². The number of benzene rings is 1. The number of rotatable bonds is 4. The SMILES string of the molecule is CNC(=O)c1ccc(OC(C)C)c(S(=O)(=O)Cl)c1. The van der Waals surface area contributed by atoms with Gasteiger partial charge in [-0.15, -0.1) is 0 Å². The normalized spacial score (nSPS) is 11.4. The first-order valence-corrected chi connectivity index (χ1v) is 7.54. The number of halogens is 1. The second-order valence-electron chi connectivity index (χ2n) is 3.85. The Morgan fingerprint density at radius 3 is 2.44 bits per heavy atom. The van der Waals surface area contributed by atoms with E-state index in [1.54, 1.807) is 13.8 Å². The van der Waals surface area contributed by atoms with Crippen LogP contribution < -0.4 is 10.1 Å². The van der Waals surface area contributed by atoms with E-state index in [0.717, 1.165) is 0 Å². The molecule has 0 heterocycles. The molecule has 0 atom stereocenters. The molecule has 1 amide bonds. The lowest BCUT2D eigenvalue weighted by Gasteiger charge is -2.13. The van der Waals surface area contributed by atoms with Gasteiger partial charge in [0.1, 0.15) is 10.6 Å². The third-order valence-electron chi connectivity index (χ3n) is 2.06. The number of hydrogen-bond acceptors (Lipinski definition) is 4. The Morgan fingerprint density at radius 1 is 1.39 bits per heavy atom. The zero-order valence-corrected chi connectivity index (χ0v) is 11.8. The van der Waals surface area contributed by atoms with Crippen molar-refractivity contribution in [2.75, 3.05) is 7.05 Å². The fourth-order valence-electron chi connectivity index (χ4n) is 1.34. The van der Waals surface area contributed by atoms with E-state index in [1.165, 1.54) is 25.2 Å². The molecule has 1 aromatic carbocycles. The Morgan fingerprint density at radius 2 is 2.00 bits per heavy atom. The summed E-state index contributed by atoms with van der Waals surface area (Å²) in [6, 6.07) is 4.08. The van der Waals surface area contributed by atoms with E-state index >= 15 is 0 Å². The first kappa shape index (κ1) is 14.8. The predicted octanol–water partition coefficient (Wildman–Crippen LogP) is 1.76. The minimum Gasteiger partial charge on any atom is -0.490 e. The quantitative estimate of drug-likeness (QED) is 0.858. The van der Waals surface area contributed by atoms with Crippen molar-refractivity contribution in [3.8, 4) is 5.75 Å². The Hall–Kier alpha value is -1.27. The summed E-state index contributed by atoms with van der Waals surface area (Å²) in [6.45, 7) is 3.52. The molecule has 0 unspecified atom stereocenters. The lowest BCUT2D eigenvalue weighted by molar-refractivity contribution is 0.0963. The molecule has 5 nitrogen and oxygen atoms in total. The van der Waals surface area contributed by atoms with Gasteiger partial charge in [0.2, 0.25) is 0 Å². The van der Waals surface area contributed by atoms with Gasteiger partial charge >= 0.3 is 0 Å². The molecule has 1 rings (SSSR count). The van der Waals surface area contributed by atoms with E-state index in [9.17, 15) is 13.2 Å². The van der Waals surface area contributed by atoms with Gasteiger partial charge in [-0.3, -0.25) is 4.79 Å². The van der Waals surface area contributed by atoms with Gasteiger partial charge in [0, 0.05) is 23.3 Å². The van der Waals surface area contributed by atoms with E-state index in [4.69, 9.17) is 15.4 Å². The van der Waals surface area contributed by atoms with Gasteiger partial charge < -0.3 is 10.1 Å². The summed E-state index contributed by atoms with van der Waals surface area (Å²) in [7, 11) is 2.81. The van der Waals surface area contributed by atoms with Gasteiger partial charge in [0.15, 0.2) is 0 Å². The summed E-state index contributed by atoms with van der Waals surface area (Å²) in [6.07, 6.45) is -0.201. The number of carbonyl (C=O) groups excluding carboxylic acids is 1. The lowest BCUT2D eigenvalue weighted by Crippen LogP contribution is -2.18. The first-order valence-electron chi connectivity index (χ1n) is 5.23. The highest BCUT2D eigenvalue weighted by Crippen LogP contribution is 2.28. The summed E-state index contributed by atoms with van der Waals surface area (Å²) in [5.74, 6) is -0.264. The van der Waals surface area contributed by atoms with Crippen LogP contribution in [0, 0.1) is 0 Å². The van der Waals surface area contributed by atoms with Gasteiger partial charge in [-0.25, -0.2) is 8.42 Å². The van der Waals surface area contributed by atoms with Crippen LogP contribution in [-0.4, -0.2) is 27.5 Å². The Kier molecular flexibility index (Phi) is 4.59. The fraction of sp³-hybridized carbons (Fsp3) is 0.364. The zero-order chi connectivity index (χ0) is 13.9. The maximum absolute atomic E-state index is 11.5. The lowest BCUT2D eigenvalue weighted by atomic mass is 10.2. The molecule has 0 bridgehead atoms. The number of nitrogens with one attached hydrogen (secondary N) is 1. The van der Waals surface area contributed by atoms with Crippen molar-refractivity contribution >= 4 is 25.6 Å². The Balaban J connectivity index is 3.34. The fourth-order valence-corrected chi connectivity index (χ4v) is 2.32. The predicted molar refractivity (Wildman–Crippen MR) is 68.6 cm³/mol. The van der Waals surface area contributed by atoms with Crippen LogP contribution in [0.4, 0.5) is 0 Å². The van der Waals surface area contributed by atoms with Crippen LogP contribution in [0.25, 0.3) is 0 Å². The molecule has 0 radical (unpaired) electrons. The van der Waals surface area contributed by atoms with Crippen LogP contribution in [-0.2, 0) is 9.05 Å². The van der Waals surface area contributed by atoms with Crippen molar-refractivity contribution in [3.05, 3.63) is 23.8 Å². The molecule has 0 aliphatic heterocycles. The molecule has 18 heavy (non-hydrogen) atoms. The monoisotopic (exact) mass is 291 g/mol. The third kappa shape index (κ3) is 3.61. The standard InChI is InChI=1S/C11H14ClNO4S/c1-7(2)17-9-5-4-8(11(14)13-3)6-10(9)18(12,15)16/h4-7H,1-3H3,(H,13,14). The van der Waals surface area contributed by atoms with Crippen molar-refractivity contribution < 1.29 is 17.9 Å². The van der Waals surface area contributed by atoms with Crippen molar-refractivity contribution in [3.63, 3.8) is 0 Å². The molecule has 0 aromatic heterocycles. The highest BCUT2D eigenvalue weighted by Gasteiger charge is 2.20. The number of amides is 1. The summed E-state index contributed by atoms with van der Waals surface area (Å²) >= 11 is 0. The van der Waals surface area contributed by atoms with Gasteiger partial charge in [-0.1, -0.05) is 0 Å². The molecule has 0 spiro atoms. The molecule has 1 aromatic rings. The maximum Gasteiger partial charge on any atom is 0.265 e. The van der Waals surface area contributed by atoms with Crippen molar-refractivity contribution in [2.45, 2.75) is 24.8 Å². The van der Waals surface area contributed by atoms with E-state index in [-0.39, 0.29) is 22.3 Å². The van der Waals surface area contributed by atoms with E-state index in [0.29, 0.717) is 0 Å². The summed E-state index contributed by atoms with van der Waals surface area (Å²) < 4.78 is 28.2. The smallest absolute Gasteiger partial charge is 0.265 e. The highest BCUT2D eigenvalue weighted by atomic mass is 35.7. The summed E-state index contributed by atoms with van der Waals surface area (Å²) in [5.41, 5.74) is 0.202. The summed E-state index contributed by atoms with van der Waals surface area (Å²) in [5, 5.41) is 2.40. The molecule has 0 aliphatic rings. The van der Waals surface area contributed by atoms with Crippen molar-refractivity contribution in [1.29, 1.82) is 0 Å². The van der Waals surface area contributed by atoms with Gasteiger partial charge in [0.25, 0.3) is 15.0 Å². The van der Waals surface area contributed by atoms with Crippen LogP contribution >= 0.6 is 10.7 Å². The molecule has 0 saturated heterocycles. The van der Waals surface area contributed by atoms with E-state index < -0.39 is 15.0 Å². The second-order valence-corrected chi connectivity index (χ2v) is 6.38. The summed E-state index contributed by atoms with van der Waals surface area (Å²) in [4.78, 5) is 11.2. The maximum atomic E-state index is 11.5. The zero-order valence-electron chi connectivity index (χ0n) is 10.2. The molecule has 0 saturated carbocycles. The largest absolute Gasteiger partial charge is 0.490 e. The second kappa shape index (κ2) is 5.58. The van der Waals surface area contributed by atoms with E-state index in [1.807, 2.05) is 0 Å². The number of ether oxygens (including phenoxy) is 1. The van der Waals surface area contributed by atoms with Crippen LogP contribution in [0.15, 0.2) is 23.1 Å². The van der Waals surface area contributed by atoms with Crippen molar-refractivity contribution in [2.24, 2.45) is 0 Å². The molecular formula is C11H14ClNO4S. The van der Waals surface area contributed by atoms with Crippen LogP contribution in [0.1, 0.15) is 24.2 Å². The average molecular weight is 292 g/mol. The van der Waals surface area contributed by atoms with E-state index in [2.05, 4.69) is 5.32 Å². The third-order valence-corrected chi connectivity index (χ3v) is 3.40. The molecular weight excluding hydrogens is 278 g/mol. The molecule has 0 fully saturated rings. The van der Waals surface area contributed by atoms with Crippen LogP contribution in [0.3, 0.4) is 0 Å². The molecule has 0 aliphatic carbocycles. The molecule has 100 valence electrons. The van der Waals surface area contributed by atoms with Crippen LogP contribution in [0.5, 0.6) is 5.75 Å². The topological polar surface area (TPSA) is 72.5 Å². The molecule has 7 heteroatoms. The molecule has 1 N–H and O–H groups in total.